The van der Waals surface area contributed by atoms with Crippen LogP contribution in [0, 0.1) is 0 Å². The molecule has 0 saturated carbocycles. The third-order valence-corrected chi connectivity index (χ3v) is 4.15. The van der Waals surface area contributed by atoms with Crippen molar-refractivity contribution < 1.29 is 23.8 Å². The van der Waals surface area contributed by atoms with Gasteiger partial charge in [-0.15, -0.1) is 0 Å². The van der Waals surface area contributed by atoms with Gasteiger partial charge in [0.15, 0.2) is 13.2 Å². The summed E-state index contributed by atoms with van der Waals surface area (Å²) < 4.78 is 15.7. The van der Waals surface area contributed by atoms with Crippen LogP contribution in [0.3, 0.4) is 0 Å². The molecule has 0 aliphatic carbocycles. The normalized spacial score (nSPS) is 10.2. The van der Waals surface area contributed by atoms with E-state index in [9.17, 15) is 9.59 Å². The fraction of sp³-hybridized carbons (Fsp3) is 0.364. The zero-order valence-electron chi connectivity index (χ0n) is 17.4. The van der Waals surface area contributed by atoms with Gasteiger partial charge in [-0.05, 0) is 48.9 Å². The number of anilines is 1. The Hall–Kier alpha value is -3.22. The van der Waals surface area contributed by atoms with Crippen molar-refractivity contribution in [3.8, 4) is 11.5 Å². The number of rotatable bonds is 10. The van der Waals surface area contributed by atoms with Crippen molar-refractivity contribution in [3.05, 3.63) is 54.1 Å². The van der Waals surface area contributed by atoms with E-state index >= 15 is 0 Å². The van der Waals surface area contributed by atoms with Crippen LogP contribution < -0.4 is 14.4 Å². The first-order chi connectivity index (χ1) is 13.9. The number of hydrogen-bond donors (Lipinski definition) is 0. The Balaban J connectivity index is 1.72. The Kier molecular flexibility index (Phi) is 8.33. The fourth-order valence-electron chi connectivity index (χ4n) is 2.50. The largest absolute Gasteiger partial charge is 0.494 e. The number of likely N-dealkylation sites (N-methyl/N-ethyl adjacent to an activating group) is 1. The van der Waals surface area contributed by atoms with Crippen LogP contribution in [0.15, 0.2) is 48.5 Å². The van der Waals surface area contributed by atoms with Crippen molar-refractivity contribution in [1.29, 1.82) is 0 Å². The van der Waals surface area contributed by atoms with Gasteiger partial charge in [-0.2, -0.15) is 0 Å². The van der Waals surface area contributed by atoms with Crippen molar-refractivity contribution in [2.24, 2.45) is 0 Å². The number of benzene rings is 2. The topological polar surface area (TPSA) is 68.3 Å². The van der Waals surface area contributed by atoms with E-state index in [1.165, 1.54) is 4.90 Å². The molecule has 7 nitrogen and oxygen atoms in total. The average molecular weight is 400 g/mol. The molecule has 0 atom stereocenters. The van der Waals surface area contributed by atoms with E-state index in [1.54, 1.807) is 31.3 Å². The van der Waals surface area contributed by atoms with Gasteiger partial charge in [0, 0.05) is 33.4 Å². The number of amides is 1. The Morgan fingerprint density at radius 3 is 1.97 bits per heavy atom. The van der Waals surface area contributed by atoms with E-state index in [0.29, 0.717) is 18.9 Å². The predicted octanol–water partition coefficient (Wildman–Crippen LogP) is 2.73. The van der Waals surface area contributed by atoms with Crippen LogP contribution in [0.4, 0.5) is 5.69 Å². The Labute approximate surface area is 171 Å². The van der Waals surface area contributed by atoms with Crippen LogP contribution in [-0.2, 0) is 20.9 Å². The average Bonchev–Trinajstić information content (AvgIpc) is 2.72. The second-order valence-corrected chi connectivity index (χ2v) is 6.66. The molecule has 0 aliphatic rings. The van der Waals surface area contributed by atoms with Crippen LogP contribution >= 0.6 is 0 Å². The Bertz CT molecular complexity index is 788. The number of carbonyl (C=O) groups excluding carboxylic acids is 2. The van der Waals surface area contributed by atoms with Gasteiger partial charge in [-0.3, -0.25) is 4.79 Å². The highest BCUT2D eigenvalue weighted by molar-refractivity contribution is 5.80. The predicted molar refractivity (Wildman–Crippen MR) is 111 cm³/mol. The quantitative estimate of drug-likeness (QED) is 0.571. The minimum Gasteiger partial charge on any atom is -0.494 e. The second kappa shape index (κ2) is 10.9. The first-order valence-electron chi connectivity index (χ1n) is 9.40. The highest BCUT2D eigenvalue weighted by Crippen LogP contribution is 2.17. The van der Waals surface area contributed by atoms with Gasteiger partial charge in [0.2, 0.25) is 0 Å². The number of esters is 1. The number of ether oxygens (including phenoxy) is 3. The van der Waals surface area contributed by atoms with Gasteiger partial charge in [-0.1, -0.05) is 12.1 Å². The molecule has 0 saturated heterocycles. The van der Waals surface area contributed by atoms with Gasteiger partial charge in [0.05, 0.1) is 6.61 Å². The maximum Gasteiger partial charge on any atom is 0.344 e. The fourth-order valence-corrected chi connectivity index (χ4v) is 2.50. The van der Waals surface area contributed by atoms with E-state index in [-0.39, 0.29) is 19.1 Å². The summed E-state index contributed by atoms with van der Waals surface area (Å²) in [7, 11) is 5.61. The first kappa shape index (κ1) is 22.1. The molecule has 2 rings (SSSR count). The van der Waals surface area contributed by atoms with E-state index < -0.39 is 5.97 Å². The summed E-state index contributed by atoms with van der Waals surface area (Å²) in [5.74, 6) is 0.370. The van der Waals surface area contributed by atoms with E-state index in [0.717, 1.165) is 17.0 Å². The molecule has 0 bridgehead atoms. The Morgan fingerprint density at radius 1 is 0.828 bits per heavy atom. The number of nitrogens with zero attached hydrogens (tertiary/aromatic N) is 2. The maximum atomic E-state index is 12.2. The molecule has 156 valence electrons. The van der Waals surface area contributed by atoms with Gasteiger partial charge >= 0.3 is 5.97 Å². The van der Waals surface area contributed by atoms with Crippen molar-refractivity contribution in [2.45, 2.75) is 13.5 Å². The molecule has 0 spiro atoms. The summed E-state index contributed by atoms with van der Waals surface area (Å²) in [5, 5.41) is 0. The molecule has 2 aromatic rings. The molecule has 0 aromatic heterocycles. The summed E-state index contributed by atoms with van der Waals surface area (Å²) in [6, 6.07) is 14.8. The molecule has 0 aliphatic heterocycles. The molecule has 1 amide bonds. The lowest BCUT2D eigenvalue weighted by Gasteiger charge is -2.18. The van der Waals surface area contributed by atoms with Crippen molar-refractivity contribution in [2.75, 3.05) is 45.9 Å². The molecular weight excluding hydrogens is 372 g/mol. The lowest BCUT2D eigenvalue weighted by molar-refractivity contribution is -0.153. The van der Waals surface area contributed by atoms with E-state index in [1.807, 2.05) is 50.2 Å². The standard InChI is InChI=1S/C22H28N2O5/c1-5-27-19-10-12-20(13-11-19)28-16-22(26)29-15-21(25)24(4)14-17-6-8-18(9-7-17)23(2)3/h6-13H,5,14-16H2,1-4H3. The van der Waals surface area contributed by atoms with Crippen LogP contribution in [0.1, 0.15) is 12.5 Å². The lowest BCUT2D eigenvalue weighted by Crippen LogP contribution is -2.31. The van der Waals surface area contributed by atoms with Crippen LogP contribution in [-0.4, -0.2) is 57.7 Å². The lowest BCUT2D eigenvalue weighted by atomic mass is 10.2. The third-order valence-electron chi connectivity index (χ3n) is 4.15. The molecule has 29 heavy (non-hydrogen) atoms. The first-order valence-corrected chi connectivity index (χ1v) is 9.40. The highest BCUT2D eigenvalue weighted by Gasteiger charge is 2.13. The molecule has 0 unspecified atom stereocenters. The van der Waals surface area contributed by atoms with Crippen molar-refractivity contribution >= 4 is 17.6 Å². The molecule has 2 aromatic carbocycles. The van der Waals surface area contributed by atoms with Crippen LogP contribution in [0.2, 0.25) is 0 Å². The summed E-state index contributed by atoms with van der Waals surface area (Å²) in [5.41, 5.74) is 2.08. The number of carbonyl (C=O) groups is 2. The minimum absolute atomic E-state index is 0.267. The molecule has 0 fully saturated rings. The maximum absolute atomic E-state index is 12.2. The highest BCUT2D eigenvalue weighted by atomic mass is 16.6. The minimum atomic E-state index is -0.601. The molecule has 0 radical (unpaired) electrons. The summed E-state index contributed by atoms with van der Waals surface area (Å²) >= 11 is 0. The van der Waals surface area contributed by atoms with Crippen LogP contribution in [0.25, 0.3) is 0 Å². The second-order valence-electron chi connectivity index (χ2n) is 6.66. The molecular formula is C22H28N2O5. The third kappa shape index (κ3) is 7.37. The van der Waals surface area contributed by atoms with Crippen molar-refractivity contribution in [3.63, 3.8) is 0 Å². The zero-order valence-corrected chi connectivity index (χ0v) is 17.4. The van der Waals surface area contributed by atoms with Gasteiger partial charge in [-0.25, -0.2) is 4.79 Å². The van der Waals surface area contributed by atoms with Gasteiger partial charge in [0.25, 0.3) is 5.91 Å². The van der Waals surface area contributed by atoms with Gasteiger partial charge in [0.1, 0.15) is 11.5 Å². The monoisotopic (exact) mass is 400 g/mol. The van der Waals surface area contributed by atoms with Crippen LogP contribution in [0.5, 0.6) is 11.5 Å². The Morgan fingerprint density at radius 2 is 1.41 bits per heavy atom. The SMILES string of the molecule is CCOc1ccc(OCC(=O)OCC(=O)N(C)Cc2ccc(N(C)C)cc2)cc1. The van der Waals surface area contributed by atoms with E-state index in [4.69, 9.17) is 14.2 Å². The summed E-state index contributed by atoms with van der Waals surface area (Å²) in [4.78, 5) is 27.5. The van der Waals surface area contributed by atoms with E-state index in [2.05, 4.69) is 0 Å². The summed E-state index contributed by atoms with van der Waals surface area (Å²) in [6.07, 6.45) is 0. The van der Waals surface area contributed by atoms with Crippen molar-refractivity contribution in [1.82, 2.24) is 4.90 Å². The van der Waals surface area contributed by atoms with Gasteiger partial charge < -0.3 is 24.0 Å². The summed E-state index contributed by atoms with van der Waals surface area (Å²) in [6.45, 7) is 2.33. The molecule has 0 N–H and O–H groups in total. The number of hydrogen-bond acceptors (Lipinski definition) is 6. The molecule has 0 heterocycles. The zero-order chi connectivity index (χ0) is 21.2. The smallest absolute Gasteiger partial charge is 0.344 e. The molecule has 7 heteroatoms.